The van der Waals surface area contributed by atoms with E-state index in [9.17, 15) is 18.4 Å². The predicted octanol–water partition coefficient (Wildman–Crippen LogP) is 2.44. The highest BCUT2D eigenvalue weighted by atomic mass is 19.1. The van der Waals surface area contributed by atoms with Gasteiger partial charge in [-0.15, -0.1) is 0 Å². The van der Waals surface area contributed by atoms with Crippen molar-refractivity contribution in [1.29, 1.82) is 0 Å². The van der Waals surface area contributed by atoms with Crippen LogP contribution >= 0.6 is 0 Å². The first-order valence-corrected chi connectivity index (χ1v) is 6.62. The van der Waals surface area contributed by atoms with E-state index in [-0.39, 0.29) is 22.4 Å². The fourth-order valence-electron chi connectivity index (χ4n) is 1.79. The normalized spacial score (nSPS) is 10.6. The Kier molecular flexibility index (Phi) is 5.20. The van der Waals surface area contributed by atoms with E-state index < -0.39 is 23.5 Å². The molecular weight excluding hydrogens is 322 g/mol. The average Bonchev–Trinajstić information content (AvgIpc) is 2.55. The van der Waals surface area contributed by atoms with Gasteiger partial charge in [-0.2, -0.15) is 5.10 Å². The summed E-state index contributed by atoms with van der Waals surface area (Å²) in [5.41, 5.74) is 1.56. The van der Waals surface area contributed by atoms with Crippen LogP contribution in [-0.2, 0) is 0 Å². The van der Waals surface area contributed by atoms with Gasteiger partial charge in [-0.05, 0) is 30.3 Å². The molecule has 2 N–H and O–H groups in total. The number of hydrogen-bond donors (Lipinski definition) is 2. The lowest BCUT2D eigenvalue weighted by Crippen LogP contribution is -2.19. The molecule has 0 atom stereocenters. The molecule has 0 unspecified atom stereocenters. The second-order valence-corrected chi connectivity index (χ2v) is 4.59. The van der Waals surface area contributed by atoms with Gasteiger partial charge in [0.05, 0.1) is 24.5 Å². The number of benzene rings is 2. The van der Waals surface area contributed by atoms with Gasteiger partial charge in [0.25, 0.3) is 5.91 Å². The molecule has 2 aromatic rings. The third-order valence-electron chi connectivity index (χ3n) is 3.04. The largest absolute Gasteiger partial charge is 0.497 e. The van der Waals surface area contributed by atoms with Crippen LogP contribution < -0.4 is 10.2 Å². The quantitative estimate of drug-likeness (QED) is 0.649. The summed E-state index contributed by atoms with van der Waals surface area (Å²) in [7, 11) is 1.36. The smallest absolute Gasteiger partial charge is 0.335 e. The number of aromatic carboxylic acids is 1. The Bertz CT molecular complexity index is 822. The molecule has 0 aliphatic heterocycles. The highest BCUT2D eigenvalue weighted by molar-refractivity contribution is 5.95. The summed E-state index contributed by atoms with van der Waals surface area (Å²) < 4.78 is 32.2. The van der Waals surface area contributed by atoms with Crippen LogP contribution in [0.2, 0.25) is 0 Å². The summed E-state index contributed by atoms with van der Waals surface area (Å²) >= 11 is 0. The molecule has 0 spiro atoms. The minimum absolute atomic E-state index is 0.0319. The number of halogens is 2. The minimum atomic E-state index is -1.26. The van der Waals surface area contributed by atoms with Gasteiger partial charge in [-0.3, -0.25) is 4.79 Å². The van der Waals surface area contributed by atoms with E-state index in [1.807, 2.05) is 0 Å². The van der Waals surface area contributed by atoms with Crippen molar-refractivity contribution in [2.75, 3.05) is 7.11 Å². The second kappa shape index (κ2) is 7.32. The number of carboxylic acid groups (broad SMARTS) is 1. The Hall–Kier alpha value is -3.29. The summed E-state index contributed by atoms with van der Waals surface area (Å²) in [5.74, 6) is -3.44. The molecule has 2 rings (SSSR count). The van der Waals surface area contributed by atoms with Gasteiger partial charge in [0.15, 0.2) is 0 Å². The van der Waals surface area contributed by atoms with Gasteiger partial charge in [0.1, 0.15) is 17.4 Å². The van der Waals surface area contributed by atoms with E-state index in [4.69, 9.17) is 9.84 Å². The van der Waals surface area contributed by atoms with E-state index in [0.717, 1.165) is 18.3 Å². The van der Waals surface area contributed by atoms with Crippen LogP contribution in [0.4, 0.5) is 8.78 Å². The Morgan fingerprint density at radius 1 is 1.17 bits per heavy atom. The molecule has 0 saturated heterocycles. The summed E-state index contributed by atoms with van der Waals surface area (Å²) in [4.78, 5) is 22.5. The van der Waals surface area contributed by atoms with Gasteiger partial charge >= 0.3 is 5.97 Å². The van der Waals surface area contributed by atoms with E-state index in [1.165, 1.54) is 31.4 Å². The molecule has 0 heterocycles. The standard InChI is InChI=1S/C16H12F2N2O4/c1-24-11-4-5-12(14(18)7-11)15(21)20-19-8-10-3-2-9(16(22)23)6-13(10)17/h2-8H,1H3,(H,20,21)(H,22,23)/b19-8+. The van der Waals surface area contributed by atoms with Crippen LogP contribution in [-0.4, -0.2) is 30.3 Å². The topological polar surface area (TPSA) is 88.0 Å². The lowest BCUT2D eigenvalue weighted by molar-refractivity contribution is 0.0696. The van der Waals surface area contributed by atoms with Crippen molar-refractivity contribution in [3.05, 3.63) is 64.7 Å². The number of hydrogen-bond acceptors (Lipinski definition) is 4. The number of rotatable bonds is 5. The molecule has 0 fully saturated rings. The molecule has 0 aliphatic rings. The maximum absolute atomic E-state index is 13.7. The predicted molar refractivity (Wildman–Crippen MR) is 81.4 cm³/mol. The Balaban J connectivity index is 2.09. The maximum atomic E-state index is 13.7. The number of nitrogens with one attached hydrogen (secondary N) is 1. The Morgan fingerprint density at radius 2 is 1.92 bits per heavy atom. The van der Waals surface area contributed by atoms with Gasteiger partial charge in [-0.1, -0.05) is 0 Å². The fourth-order valence-corrected chi connectivity index (χ4v) is 1.79. The Morgan fingerprint density at radius 3 is 2.50 bits per heavy atom. The number of hydrazone groups is 1. The number of carbonyl (C=O) groups is 2. The maximum Gasteiger partial charge on any atom is 0.335 e. The van der Waals surface area contributed by atoms with Crippen molar-refractivity contribution in [2.45, 2.75) is 0 Å². The van der Waals surface area contributed by atoms with Crippen molar-refractivity contribution in [1.82, 2.24) is 5.43 Å². The van der Waals surface area contributed by atoms with Crippen LogP contribution in [0.3, 0.4) is 0 Å². The zero-order valence-electron chi connectivity index (χ0n) is 12.4. The highest BCUT2D eigenvalue weighted by Crippen LogP contribution is 2.16. The third kappa shape index (κ3) is 3.92. The van der Waals surface area contributed by atoms with E-state index in [1.54, 1.807) is 0 Å². The van der Waals surface area contributed by atoms with E-state index in [0.29, 0.717) is 0 Å². The zero-order chi connectivity index (χ0) is 17.7. The van der Waals surface area contributed by atoms with E-state index >= 15 is 0 Å². The van der Waals surface area contributed by atoms with Gasteiger partial charge in [0.2, 0.25) is 0 Å². The first-order valence-electron chi connectivity index (χ1n) is 6.62. The summed E-state index contributed by atoms with van der Waals surface area (Å²) in [6.45, 7) is 0. The van der Waals surface area contributed by atoms with Crippen LogP contribution in [0.1, 0.15) is 26.3 Å². The lowest BCUT2D eigenvalue weighted by atomic mass is 10.1. The van der Waals surface area contributed by atoms with Gasteiger partial charge in [0, 0.05) is 11.6 Å². The zero-order valence-corrected chi connectivity index (χ0v) is 12.4. The van der Waals surface area contributed by atoms with Crippen molar-refractivity contribution in [3.63, 3.8) is 0 Å². The number of carbonyl (C=O) groups excluding carboxylic acids is 1. The SMILES string of the molecule is COc1ccc(C(=O)N/N=C/c2ccc(C(=O)O)cc2F)c(F)c1. The van der Waals surface area contributed by atoms with Crippen LogP contribution in [0.15, 0.2) is 41.5 Å². The molecular formula is C16H12F2N2O4. The van der Waals surface area contributed by atoms with Crippen LogP contribution in [0.5, 0.6) is 5.75 Å². The highest BCUT2D eigenvalue weighted by Gasteiger charge is 2.12. The van der Waals surface area contributed by atoms with Crippen LogP contribution in [0.25, 0.3) is 0 Å². The lowest BCUT2D eigenvalue weighted by Gasteiger charge is -2.04. The monoisotopic (exact) mass is 334 g/mol. The minimum Gasteiger partial charge on any atom is -0.497 e. The first-order chi connectivity index (χ1) is 11.4. The van der Waals surface area contributed by atoms with Gasteiger partial charge < -0.3 is 9.84 Å². The summed E-state index contributed by atoms with van der Waals surface area (Å²) in [5, 5.41) is 12.3. The number of carboxylic acids is 1. The third-order valence-corrected chi connectivity index (χ3v) is 3.04. The molecule has 124 valence electrons. The first kappa shape index (κ1) is 17.1. The molecule has 0 bridgehead atoms. The van der Waals surface area contributed by atoms with Crippen LogP contribution in [0, 0.1) is 11.6 Å². The molecule has 24 heavy (non-hydrogen) atoms. The number of methoxy groups -OCH3 is 1. The molecule has 6 nitrogen and oxygen atoms in total. The summed E-state index contributed by atoms with van der Waals surface area (Å²) in [6.07, 6.45) is 0.986. The van der Waals surface area contributed by atoms with Crippen molar-refractivity contribution in [2.24, 2.45) is 5.10 Å². The number of ether oxygens (including phenoxy) is 1. The molecule has 2 aromatic carbocycles. The number of amides is 1. The van der Waals surface area contributed by atoms with Crippen molar-refractivity contribution in [3.8, 4) is 5.75 Å². The molecule has 0 aromatic heterocycles. The molecule has 0 radical (unpaired) electrons. The molecule has 0 saturated carbocycles. The molecule has 0 aliphatic carbocycles. The fraction of sp³-hybridized carbons (Fsp3) is 0.0625. The Labute approximate surface area is 135 Å². The van der Waals surface area contributed by atoms with Crippen molar-refractivity contribution < 1.29 is 28.2 Å². The second-order valence-electron chi connectivity index (χ2n) is 4.59. The van der Waals surface area contributed by atoms with Gasteiger partial charge in [-0.25, -0.2) is 19.0 Å². The average molecular weight is 334 g/mol. The van der Waals surface area contributed by atoms with E-state index in [2.05, 4.69) is 10.5 Å². The summed E-state index contributed by atoms with van der Waals surface area (Å²) in [6, 6.07) is 6.89. The molecule has 8 heteroatoms. The molecule has 1 amide bonds. The van der Waals surface area contributed by atoms with Crippen molar-refractivity contribution >= 4 is 18.1 Å². The number of nitrogens with zero attached hydrogens (tertiary/aromatic N) is 1.